The molecule has 2 N–H and O–H groups in total. The standard InChI is InChI=1S/C18H26N4O3/c1-20(2)18(24)22-9-13-8-21(11-16(19)23)10-15(13)17(22)12-4-6-14(25-3)7-5-12/h4-7,13,15,17H,8-11H2,1-3H3,(H2,19,23)/t13-,15-,17+/m1/s1. The summed E-state index contributed by atoms with van der Waals surface area (Å²) >= 11 is 0. The average Bonchev–Trinajstić information content (AvgIpc) is 3.10. The van der Waals surface area contributed by atoms with Gasteiger partial charge in [-0.2, -0.15) is 0 Å². The molecule has 7 heteroatoms. The van der Waals surface area contributed by atoms with Gasteiger partial charge in [-0.1, -0.05) is 12.1 Å². The molecule has 0 radical (unpaired) electrons. The minimum absolute atomic E-state index is 0.00341. The highest BCUT2D eigenvalue weighted by Gasteiger charge is 2.49. The molecule has 3 atom stereocenters. The van der Waals surface area contributed by atoms with Crippen LogP contribution in [0, 0.1) is 11.8 Å². The maximum Gasteiger partial charge on any atom is 0.320 e. The first kappa shape index (κ1) is 17.5. The summed E-state index contributed by atoms with van der Waals surface area (Å²) in [5.41, 5.74) is 6.45. The lowest BCUT2D eigenvalue weighted by Crippen LogP contribution is -2.42. The third-order valence-corrected chi connectivity index (χ3v) is 5.20. The van der Waals surface area contributed by atoms with Gasteiger partial charge in [0.25, 0.3) is 0 Å². The number of hydrogen-bond donors (Lipinski definition) is 1. The van der Waals surface area contributed by atoms with Crippen molar-refractivity contribution in [3.8, 4) is 5.75 Å². The van der Waals surface area contributed by atoms with E-state index in [0.29, 0.717) is 18.4 Å². The fraction of sp³-hybridized carbons (Fsp3) is 0.556. The molecule has 3 rings (SSSR count). The topological polar surface area (TPSA) is 79.1 Å². The molecule has 3 amide bonds. The van der Waals surface area contributed by atoms with Crippen LogP contribution in [0.4, 0.5) is 4.79 Å². The molecule has 7 nitrogen and oxygen atoms in total. The second kappa shape index (κ2) is 6.92. The molecule has 1 aromatic rings. The Kier molecular flexibility index (Phi) is 4.85. The van der Waals surface area contributed by atoms with Gasteiger partial charge in [0.15, 0.2) is 0 Å². The molecule has 25 heavy (non-hydrogen) atoms. The molecule has 2 aliphatic rings. The number of likely N-dealkylation sites (tertiary alicyclic amines) is 2. The molecule has 2 aliphatic heterocycles. The van der Waals surface area contributed by atoms with Gasteiger partial charge >= 0.3 is 6.03 Å². The minimum Gasteiger partial charge on any atom is -0.497 e. The van der Waals surface area contributed by atoms with Crippen LogP contribution in [0.3, 0.4) is 0 Å². The Labute approximate surface area is 148 Å². The quantitative estimate of drug-likeness (QED) is 0.873. The first-order valence-electron chi connectivity index (χ1n) is 8.53. The lowest BCUT2D eigenvalue weighted by atomic mass is 9.89. The maximum atomic E-state index is 12.7. The Hall–Kier alpha value is -2.28. The molecule has 0 unspecified atom stereocenters. The van der Waals surface area contributed by atoms with Gasteiger partial charge in [-0.3, -0.25) is 9.69 Å². The molecule has 0 bridgehead atoms. The predicted molar refractivity (Wildman–Crippen MR) is 94.1 cm³/mol. The first-order valence-corrected chi connectivity index (χ1v) is 8.53. The Morgan fingerprint density at radius 1 is 1.20 bits per heavy atom. The highest BCUT2D eigenvalue weighted by atomic mass is 16.5. The largest absolute Gasteiger partial charge is 0.497 e. The summed E-state index contributed by atoms with van der Waals surface area (Å²) in [5, 5.41) is 0. The summed E-state index contributed by atoms with van der Waals surface area (Å²) in [6.45, 7) is 2.57. The van der Waals surface area contributed by atoms with Crippen molar-refractivity contribution in [1.29, 1.82) is 0 Å². The Balaban J connectivity index is 1.87. The number of carbonyl (C=O) groups excluding carboxylic acids is 2. The van der Waals surface area contributed by atoms with E-state index in [1.54, 1.807) is 26.1 Å². The SMILES string of the molecule is COc1ccc([C@H]2[C@@H]3CN(CC(N)=O)C[C@@H]3CN2C(=O)N(C)C)cc1. The summed E-state index contributed by atoms with van der Waals surface area (Å²) in [5.74, 6) is 1.15. The number of carbonyl (C=O) groups is 2. The highest BCUT2D eigenvalue weighted by Crippen LogP contribution is 2.45. The molecule has 0 saturated carbocycles. The van der Waals surface area contributed by atoms with Crippen molar-refractivity contribution in [3.05, 3.63) is 29.8 Å². The van der Waals surface area contributed by atoms with Gasteiger partial charge < -0.3 is 20.3 Å². The second-order valence-corrected chi connectivity index (χ2v) is 7.13. The van der Waals surface area contributed by atoms with Crippen molar-refractivity contribution < 1.29 is 14.3 Å². The lowest BCUT2D eigenvalue weighted by molar-refractivity contribution is -0.119. The van der Waals surface area contributed by atoms with Crippen LogP contribution < -0.4 is 10.5 Å². The van der Waals surface area contributed by atoms with E-state index in [2.05, 4.69) is 4.90 Å². The van der Waals surface area contributed by atoms with Gasteiger partial charge in [0.1, 0.15) is 5.75 Å². The molecule has 136 valence electrons. The van der Waals surface area contributed by atoms with Crippen molar-refractivity contribution in [3.63, 3.8) is 0 Å². The van der Waals surface area contributed by atoms with Gasteiger partial charge in [0, 0.05) is 39.6 Å². The number of amides is 3. The van der Waals surface area contributed by atoms with Crippen molar-refractivity contribution in [2.75, 3.05) is 47.4 Å². The maximum absolute atomic E-state index is 12.7. The number of hydrogen-bond acceptors (Lipinski definition) is 4. The lowest BCUT2D eigenvalue weighted by Gasteiger charge is -2.31. The molecule has 0 aliphatic carbocycles. The van der Waals surface area contributed by atoms with E-state index in [1.165, 1.54) is 0 Å². The Morgan fingerprint density at radius 2 is 1.88 bits per heavy atom. The van der Waals surface area contributed by atoms with E-state index in [1.807, 2.05) is 29.2 Å². The van der Waals surface area contributed by atoms with Crippen LogP contribution in [-0.4, -0.2) is 74.0 Å². The Morgan fingerprint density at radius 3 is 2.44 bits per heavy atom. The van der Waals surface area contributed by atoms with Gasteiger partial charge in [-0.25, -0.2) is 4.79 Å². The van der Waals surface area contributed by atoms with Crippen LogP contribution in [0.2, 0.25) is 0 Å². The number of nitrogens with two attached hydrogens (primary N) is 1. The third-order valence-electron chi connectivity index (χ3n) is 5.20. The van der Waals surface area contributed by atoms with Crippen LogP contribution >= 0.6 is 0 Å². The molecule has 2 saturated heterocycles. The van der Waals surface area contributed by atoms with Gasteiger partial charge in [-0.05, 0) is 23.6 Å². The first-order chi connectivity index (χ1) is 11.9. The van der Waals surface area contributed by atoms with Crippen molar-refractivity contribution >= 4 is 11.9 Å². The second-order valence-electron chi connectivity index (χ2n) is 7.13. The number of primary amides is 1. The van der Waals surface area contributed by atoms with Crippen LogP contribution in [0.1, 0.15) is 11.6 Å². The summed E-state index contributed by atoms with van der Waals surface area (Å²) in [7, 11) is 5.20. The van der Waals surface area contributed by atoms with E-state index in [4.69, 9.17) is 10.5 Å². The predicted octanol–water partition coefficient (Wildman–Crippen LogP) is 0.767. The van der Waals surface area contributed by atoms with E-state index < -0.39 is 0 Å². The van der Waals surface area contributed by atoms with E-state index >= 15 is 0 Å². The van der Waals surface area contributed by atoms with E-state index in [-0.39, 0.29) is 24.5 Å². The smallest absolute Gasteiger partial charge is 0.320 e. The summed E-state index contributed by atoms with van der Waals surface area (Å²) in [6, 6.07) is 7.94. The average molecular weight is 346 g/mol. The number of benzene rings is 1. The number of methoxy groups -OCH3 is 1. The zero-order valence-electron chi connectivity index (χ0n) is 15.0. The van der Waals surface area contributed by atoms with Crippen LogP contribution in [0.5, 0.6) is 5.75 Å². The molecule has 1 aromatic carbocycles. The number of urea groups is 1. The molecular formula is C18H26N4O3. The number of nitrogens with zero attached hydrogens (tertiary/aromatic N) is 3. The van der Waals surface area contributed by atoms with Crippen LogP contribution in [0.25, 0.3) is 0 Å². The molecule has 0 spiro atoms. The summed E-state index contributed by atoms with van der Waals surface area (Å²) < 4.78 is 5.24. The van der Waals surface area contributed by atoms with E-state index in [9.17, 15) is 9.59 Å². The van der Waals surface area contributed by atoms with Crippen LogP contribution in [0.15, 0.2) is 24.3 Å². The van der Waals surface area contributed by atoms with Gasteiger partial charge in [-0.15, -0.1) is 0 Å². The fourth-order valence-corrected chi connectivity index (χ4v) is 4.17. The van der Waals surface area contributed by atoms with E-state index in [0.717, 1.165) is 24.4 Å². The monoisotopic (exact) mass is 346 g/mol. The van der Waals surface area contributed by atoms with Crippen molar-refractivity contribution in [2.45, 2.75) is 6.04 Å². The minimum atomic E-state index is -0.304. The third kappa shape index (κ3) is 3.42. The number of ether oxygens (including phenoxy) is 1. The molecule has 2 fully saturated rings. The zero-order chi connectivity index (χ0) is 18.1. The van der Waals surface area contributed by atoms with Crippen molar-refractivity contribution in [1.82, 2.24) is 14.7 Å². The molecular weight excluding hydrogens is 320 g/mol. The van der Waals surface area contributed by atoms with Crippen LogP contribution in [-0.2, 0) is 4.79 Å². The zero-order valence-corrected chi connectivity index (χ0v) is 15.0. The van der Waals surface area contributed by atoms with Gasteiger partial charge in [0.2, 0.25) is 5.91 Å². The highest BCUT2D eigenvalue weighted by molar-refractivity contribution is 5.76. The fourth-order valence-electron chi connectivity index (χ4n) is 4.17. The molecule has 2 heterocycles. The Bertz CT molecular complexity index is 646. The number of rotatable bonds is 4. The van der Waals surface area contributed by atoms with Gasteiger partial charge in [0.05, 0.1) is 19.7 Å². The normalized spacial score (nSPS) is 25.7. The summed E-state index contributed by atoms with van der Waals surface area (Å²) in [6.07, 6.45) is 0. The summed E-state index contributed by atoms with van der Waals surface area (Å²) in [4.78, 5) is 29.6. The van der Waals surface area contributed by atoms with Crippen molar-refractivity contribution in [2.24, 2.45) is 17.6 Å². The molecule has 0 aromatic heterocycles. The number of fused-ring (bicyclic) bond motifs is 1.